The van der Waals surface area contributed by atoms with Crippen LogP contribution in [0.2, 0.25) is 0 Å². The van der Waals surface area contributed by atoms with E-state index in [9.17, 15) is 13.2 Å². The van der Waals surface area contributed by atoms with Gasteiger partial charge in [-0.15, -0.1) is 11.3 Å². The molecule has 0 spiro atoms. The van der Waals surface area contributed by atoms with Gasteiger partial charge in [0.1, 0.15) is 5.69 Å². The van der Waals surface area contributed by atoms with Crippen molar-refractivity contribution in [1.29, 1.82) is 0 Å². The topological polar surface area (TPSA) is 70.6 Å². The maximum absolute atomic E-state index is 12.9. The highest BCUT2D eigenvalue weighted by molar-refractivity contribution is 7.88. The molecule has 1 aliphatic rings. The van der Waals surface area contributed by atoms with Crippen molar-refractivity contribution in [3.05, 3.63) is 41.0 Å². The maximum atomic E-state index is 12.9. The van der Waals surface area contributed by atoms with Crippen LogP contribution in [-0.2, 0) is 10.0 Å². The first-order chi connectivity index (χ1) is 11.4. The van der Waals surface area contributed by atoms with Crippen LogP contribution in [0, 0.1) is 6.92 Å². The highest BCUT2D eigenvalue weighted by Crippen LogP contribution is 2.31. The molecule has 8 heteroatoms. The van der Waals surface area contributed by atoms with Crippen LogP contribution in [0.5, 0.6) is 0 Å². The van der Waals surface area contributed by atoms with Gasteiger partial charge in [0, 0.05) is 26.2 Å². The van der Waals surface area contributed by atoms with E-state index in [4.69, 9.17) is 0 Å². The molecular formula is C16H19N3O3S2. The zero-order valence-corrected chi connectivity index (χ0v) is 15.2. The molecule has 0 atom stereocenters. The molecule has 1 aromatic carbocycles. The van der Waals surface area contributed by atoms with Gasteiger partial charge in [-0.1, -0.05) is 30.3 Å². The normalized spacial score (nSPS) is 16.3. The average Bonchev–Trinajstić information content (AvgIpc) is 2.96. The van der Waals surface area contributed by atoms with Crippen LogP contribution in [-0.4, -0.2) is 60.9 Å². The Hall–Kier alpha value is -1.77. The van der Waals surface area contributed by atoms with Crippen LogP contribution in [0.3, 0.4) is 0 Å². The SMILES string of the molecule is Cc1nc(C(=O)N2CCN(S(C)(=O)=O)CC2)c(-c2ccccc2)s1. The van der Waals surface area contributed by atoms with E-state index in [1.807, 2.05) is 37.3 Å². The van der Waals surface area contributed by atoms with Crippen molar-refractivity contribution in [2.75, 3.05) is 32.4 Å². The second-order valence-corrected chi connectivity index (χ2v) is 8.92. The summed E-state index contributed by atoms with van der Waals surface area (Å²) in [5.74, 6) is -0.133. The van der Waals surface area contributed by atoms with Crippen molar-refractivity contribution in [2.24, 2.45) is 0 Å². The van der Waals surface area contributed by atoms with E-state index < -0.39 is 10.0 Å². The molecular weight excluding hydrogens is 346 g/mol. The van der Waals surface area contributed by atoms with E-state index >= 15 is 0 Å². The van der Waals surface area contributed by atoms with Crippen molar-refractivity contribution < 1.29 is 13.2 Å². The number of piperazine rings is 1. The molecule has 1 aromatic heterocycles. The van der Waals surface area contributed by atoms with Gasteiger partial charge in [-0.25, -0.2) is 13.4 Å². The standard InChI is InChI=1S/C16H19N3O3S2/c1-12-17-14(15(23-12)13-6-4-3-5-7-13)16(20)18-8-10-19(11-9-18)24(2,21)22/h3-7H,8-11H2,1-2H3. The summed E-state index contributed by atoms with van der Waals surface area (Å²) in [4.78, 5) is 19.8. The van der Waals surface area contributed by atoms with Crippen molar-refractivity contribution in [3.63, 3.8) is 0 Å². The number of carbonyl (C=O) groups excluding carboxylic acids is 1. The van der Waals surface area contributed by atoms with E-state index in [0.29, 0.717) is 31.9 Å². The molecule has 1 saturated heterocycles. The third-order valence-electron chi connectivity index (χ3n) is 3.97. The number of aryl methyl sites for hydroxylation is 1. The Morgan fingerprint density at radius 2 is 1.75 bits per heavy atom. The van der Waals surface area contributed by atoms with E-state index in [0.717, 1.165) is 15.4 Å². The van der Waals surface area contributed by atoms with Crippen molar-refractivity contribution in [3.8, 4) is 10.4 Å². The largest absolute Gasteiger partial charge is 0.335 e. The zero-order valence-electron chi connectivity index (χ0n) is 13.6. The number of amides is 1. The van der Waals surface area contributed by atoms with Gasteiger partial charge in [0.05, 0.1) is 16.1 Å². The first-order valence-electron chi connectivity index (χ1n) is 7.63. The molecule has 0 aliphatic carbocycles. The van der Waals surface area contributed by atoms with Crippen LogP contribution >= 0.6 is 11.3 Å². The molecule has 128 valence electrons. The summed E-state index contributed by atoms with van der Waals surface area (Å²) < 4.78 is 24.6. The lowest BCUT2D eigenvalue weighted by Gasteiger charge is -2.33. The minimum atomic E-state index is -3.20. The van der Waals surface area contributed by atoms with Crippen molar-refractivity contribution in [1.82, 2.24) is 14.2 Å². The number of sulfonamides is 1. The molecule has 2 heterocycles. The lowest BCUT2D eigenvalue weighted by molar-refractivity contribution is 0.0693. The summed E-state index contributed by atoms with van der Waals surface area (Å²) in [6, 6.07) is 9.73. The molecule has 24 heavy (non-hydrogen) atoms. The smallest absolute Gasteiger partial charge is 0.274 e. The van der Waals surface area contributed by atoms with Gasteiger partial charge < -0.3 is 4.90 Å². The number of aromatic nitrogens is 1. The lowest BCUT2D eigenvalue weighted by atomic mass is 10.1. The van der Waals surface area contributed by atoms with E-state index in [1.54, 1.807) is 4.90 Å². The van der Waals surface area contributed by atoms with Crippen LogP contribution in [0.1, 0.15) is 15.5 Å². The van der Waals surface area contributed by atoms with E-state index in [1.165, 1.54) is 21.9 Å². The molecule has 0 unspecified atom stereocenters. The maximum Gasteiger partial charge on any atom is 0.274 e. The monoisotopic (exact) mass is 365 g/mol. The first kappa shape index (κ1) is 17.1. The first-order valence-corrected chi connectivity index (χ1v) is 10.3. The van der Waals surface area contributed by atoms with Gasteiger partial charge in [-0.3, -0.25) is 4.79 Å². The summed E-state index contributed by atoms with van der Waals surface area (Å²) >= 11 is 1.50. The highest BCUT2D eigenvalue weighted by atomic mass is 32.2. The summed E-state index contributed by atoms with van der Waals surface area (Å²) in [7, 11) is -3.20. The second-order valence-electron chi connectivity index (χ2n) is 5.73. The van der Waals surface area contributed by atoms with Gasteiger partial charge in [0.2, 0.25) is 10.0 Å². The fourth-order valence-corrected chi connectivity index (χ4v) is 4.47. The van der Waals surface area contributed by atoms with Gasteiger partial charge in [-0.05, 0) is 12.5 Å². The van der Waals surface area contributed by atoms with Gasteiger partial charge >= 0.3 is 0 Å². The summed E-state index contributed by atoms with van der Waals surface area (Å²) in [6.07, 6.45) is 1.20. The molecule has 1 amide bonds. The number of rotatable bonds is 3. The number of nitrogens with zero attached hydrogens (tertiary/aromatic N) is 3. The van der Waals surface area contributed by atoms with E-state index in [2.05, 4.69) is 4.98 Å². The highest BCUT2D eigenvalue weighted by Gasteiger charge is 2.29. The third-order valence-corrected chi connectivity index (χ3v) is 6.29. The predicted octanol–water partition coefficient (Wildman–Crippen LogP) is 1.84. The molecule has 6 nitrogen and oxygen atoms in total. The molecule has 0 saturated carbocycles. The second kappa shape index (κ2) is 6.62. The fourth-order valence-electron chi connectivity index (χ4n) is 2.73. The van der Waals surface area contributed by atoms with Crippen LogP contribution < -0.4 is 0 Å². The average molecular weight is 365 g/mol. The van der Waals surface area contributed by atoms with Crippen LogP contribution in [0.25, 0.3) is 10.4 Å². The van der Waals surface area contributed by atoms with Crippen molar-refractivity contribution >= 4 is 27.3 Å². The molecule has 0 N–H and O–H groups in total. The molecule has 1 fully saturated rings. The quantitative estimate of drug-likeness (QED) is 0.832. The minimum Gasteiger partial charge on any atom is -0.335 e. The Labute approximate surface area is 145 Å². The molecule has 1 aliphatic heterocycles. The number of thiazole rings is 1. The van der Waals surface area contributed by atoms with Gasteiger partial charge in [0.15, 0.2) is 0 Å². The van der Waals surface area contributed by atoms with Crippen LogP contribution in [0.4, 0.5) is 0 Å². The number of hydrogen-bond donors (Lipinski definition) is 0. The third kappa shape index (κ3) is 3.50. The lowest BCUT2D eigenvalue weighted by Crippen LogP contribution is -2.50. The Balaban J connectivity index is 1.82. The predicted molar refractivity (Wildman–Crippen MR) is 94.6 cm³/mol. The summed E-state index contributed by atoms with van der Waals surface area (Å²) in [5.41, 5.74) is 1.43. The van der Waals surface area contributed by atoms with Crippen molar-refractivity contribution in [2.45, 2.75) is 6.92 Å². The number of carbonyl (C=O) groups is 1. The Kier molecular flexibility index (Phi) is 4.71. The molecule has 2 aromatic rings. The molecule has 3 rings (SSSR count). The zero-order chi connectivity index (χ0) is 17.3. The Morgan fingerprint density at radius 1 is 1.12 bits per heavy atom. The van der Waals surface area contributed by atoms with Crippen LogP contribution in [0.15, 0.2) is 30.3 Å². The molecule has 0 bridgehead atoms. The van der Waals surface area contributed by atoms with E-state index in [-0.39, 0.29) is 5.91 Å². The Morgan fingerprint density at radius 3 is 2.33 bits per heavy atom. The van der Waals surface area contributed by atoms with Gasteiger partial charge in [0.25, 0.3) is 5.91 Å². The molecule has 0 radical (unpaired) electrons. The fraction of sp³-hybridized carbons (Fsp3) is 0.375. The van der Waals surface area contributed by atoms with Gasteiger partial charge in [-0.2, -0.15) is 4.31 Å². The minimum absolute atomic E-state index is 0.133. The number of benzene rings is 1. The summed E-state index contributed by atoms with van der Waals surface area (Å²) in [5, 5.41) is 0.840. The number of hydrogen-bond acceptors (Lipinski definition) is 5. The summed E-state index contributed by atoms with van der Waals surface area (Å²) in [6.45, 7) is 3.31. The Bertz CT molecular complexity index is 839.